The van der Waals surface area contributed by atoms with Crippen molar-refractivity contribution >= 4 is 39.1 Å². The van der Waals surface area contributed by atoms with E-state index in [0.717, 1.165) is 4.90 Å². The second-order valence-electron chi connectivity index (χ2n) is 5.29. The molecule has 0 fully saturated rings. The molecule has 0 aliphatic heterocycles. The van der Waals surface area contributed by atoms with Gasteiger partial charge in [-0.1, -0.05) is 23.7 Å². The molecule has 0 bridgehead atoms. The first-order chi connectivity index (χ1) is 12.4. The summed E-state index contributed by atoms with van der Waals surface area (Å²) in [7, 11) is -3.90. The van der Waals surface area contributed by atoms with Crippen LogP contribution in [0.4, 0.5) is 5.69 Å². The molecule has 0 spiro atoms. The van der Waals surface area contributed by atoms with Crippen molar-refractivity contribution in [1.82, 2.24) is 10.2 Å². The van der Waals surface area contributed by atoms with Crippen molar-refractivity contribution in [2.24, 2.45) is 0 Å². The van der Waals surface area contributed by atoms with Gasteiger partial charge in [0.15, 0.2) is 0 Å². The van der Waals surface area contributed by atoms with Crippen LogP contribution in [-0.4, -0.2) is 24.9 Å². The van der Waals surface area contributed by atoms with Gasteiger partial charge >= 0.3 is 0 Å². The molecule has 9 heteroatoms. The van der Waals surface area contributed by atoms with Crippen molar-refractivity contribution in [2.45, 2.75) is 9.79 Å². The van der Waals surface area contributed by atoms with Crippen molar-refractivity contribution < 1.29 is 8.42 Å². The average Bonchev–Trinajstić information content (AvgIpc) is 2.62. The molecule has 0 saturated heterocycles. The van der Waals surface area contributed by atoms with E-state index in [2.05, 4.69) is 14.9 Å². The van der Waals surface area contributed by atoms with Crippen molar-refractivity contribution in [3.63, 3.8) is 0 Å². The van der Waals surface area contributed by atoms with Crippen LogP contribution in [0.5, 0.6) is 0 Å². The van der Waals surface area contributed by atoms with E-state index >= 15 is 0 Å². The van der Waals surface area contributed by atoms with E-state index in [1.807, 2.05) is 12.3 Å². The molecule has 1 heterocycles. The molecular weight excluding hydrogens is 394 g/mol. The van der Waals surface area contributed by atoms with Gasteiger partial charge in [-0.05, 0) is 42.7 Å². The molecule has 0 radical (unpaired) electrons. The topological polar surface area (TPSA) is 91.9 Å². The molecule has 0 aliphatic rings. The van der Waals surface area contributed by atoms with Gasteiger partial charge in [-0.25, -0.2) is 13.5 Å². The predicted molar refractivity (Wildman–Crippen MR) is 104 cm³/mol. The van der Waals surface area contributed by atoms with E-state index in [4.69, 9.17) is 11.6 Å². The summed E-state index contributed by atoms with van der Waals surface area (Å²) >= 11 is 7.63. The summed E-state index contributed by atoms with van der Waals surface area (Å²) in [5.74, 6) is 0. The maximum absolute atomic E-state index is 12.8. The standard InChI is InChI=1S/C17H14ClN3O3S2/c1-25-13-4-2-3-12(10-13)21-26(23,24)16-9-11(5-6-14(16)18)15-7-8-17(22)20-19-15/h2-10,21H,1H3,(H,20,22). The number of benzene rings is 2. The molecule has 6 nitrogen and oxygen atoms in total. The highest BCUT2D eigenvalue weighted by molar-refractivity contribution is 7.98. The first-order valence-electron chi connectivity index (χ1n) is 7.41. The van der Waals surface area contributed by atoms with Crippen LogP contribution in [0.15, 0.2) is 69.2 Å². The van der Waals surface area contributed by atoms with Gasteiger partial charge in [-0.2, -0.15) is 5.10 Å². The Hall–Kier alpha value is -2.29. The van der Waals surface area contributed by atoms with E-state index in [1.54, 1.807) is 24.3 Å². The van der Waals surface area contributed by atoms with Gasteiger partial charge in [-0.15, -0.1) is 11.8 Å². The van der Waals surface area contributed by atoms with E-state index in [9.17, 15) is 13.2 Å². The minimum atomic E-state index is -3.90. The lowest BCUT2D eigenvalue weighted by Gasteiger charge is -2.11. The summed E-state index contributed by atoms with van der Waals surface area (Å²) in [6.45, 7) is 0. The number of H-pyrrole nitrogens is 1. The highest BCUT2D eigenvalue weighted by Crippen LogP contribution is 2.29. The van der Waals surface area contributed by atoms with Crippen LogP contribution in [-0.2, 0) is 10.0 Å². The van der Waals surface area contributed by atoms with Crippen LogP contribution in [0.2, 0.25) is 5.02 Å². The monoisotopic (exact) mass is 407 g/mol. The zero-order valence-corrected chi connectivity index (χ0v) is 16.0. The third kappa shape index (κ3) is 4.09. The summed E-state index contributed by atoms with van der Waals surface area (Å²) in [4.78, 5) is 12.0. The minimum absolute atomic E-state index is 0.0702. The average molecular weight is 408 g/mol. The molecule has 0 aliphatic carbocycles. The van der Waals surface area contributed by atoms with E-state index in [1.165, 1.54) is 36.0 Å². The number of hydrogen-bond donors (Lipinski definition) is 2. The lowest BCUT2D eigenvalue weighted by atomic mass is 10.1. The Morgan fingerprint density at radius 1 is 1.12 bits per heavy atom. The number of thioether (sulfide) groups is 1. The molecule has 3 aromatic rings. The van der Waals surface area contributed by atoms with Crippen LogP contribution in [0.25, 0.3) is 11.3 Å². The van der Waals surface area contributed by atoms with Crippen LogP contribution in [0, 0.1) is 0 Å². The lowest BCUT2D eigenvalue weighted by Crippen LogP contribution is -2.14. The van der Waals surface area contributed by atoms with Gasteiger partial charge in [0.2, 0.25) is 0 Å². The SMILES string of the molecule is CSc1cccc(NS(=O)(=O)c2cc(-c3ccc(=O)[nH]n3)ccc2Cl)c1. The van der Waals surface area contributed by atoms with Crippen molar-refractivity contribution in [1.29, 1.82) is 0 Å². The molecule has 134 valence electrons. The fourth-order valence-corrected chi connectivity index (χ4v) is 4.31. The molecule has 3 rings (SSSR count). The van der Waals surface area contributed by atoms with Gasteiger partial charge in [0.25, 0.3) is 15.6 Å². The summed E-state index contributed by atoms with van der Waals surface area (Å²) in [5.41, 5.74) is 1.05. The fraction of sp³-hybridized carbons (Fsp3) is 0.0588. The smallest absolute Gasteiger partial charge is 0.264 e. The minimum Gasteiger partial charge on any atom is -0.280 e. The molecular formula is C17H14ClN3O3S2. The third-order valence-corrected chi connectivity index (χ3v) is 6.11. The van der Waals surface area contributed by atoms with Gasteiger partial charge in [0.05, 0.1) is 10.7 Å². The Balaban J connectivity index is 2.00. The zero-order valence-electron chi connectivity index (χ0n) is 13.6. The van der Waals surface area contributed by atoms with Crippen molar-refractivity contribution in [3.05, 3.63) is 70.0 Å². The summed E-state index contributed by atoms with van der Waals surface area (Å²) in [6, 6.07) is 14.4. The Kier molecular flexibility index (Phi) is 5.36. The number of rotatable bonds is 5. The number of aromatic amines is 1. The first-order valence-corrected chi connectivity index (χ1v) is 10.5. The fourth-order valence-electron chi connectivity index (χ4n) is 2.27. The number of nitrogens with one attached hydrogen (secondary N) is 2. The Morgan fingerprint density at radius 2 is 1.92 bits per heavy atom. The largest absolute Gasteiger partial charge is 0.280 e. The normalized spacial score (nSPS) is 11.3. The molecule has 2 N–H and O–H groups in total. The summed E-state index contributed by atoms with van der Waals surface area (Å²) < 4.78 is 28.1. The van der Waals surface area contributed by atoms with Gasteiger partial charge in [0.1, 0.15) is 4.90 Å². The molecule has 0 unspecified atom stereocenters. The number of anilines is 1. The molecule has 26 heavy (non-hydrogen) atoms. The van der Waals surface area contributed by atoms with Gasteiger partial charge in [-0.3, -0.25) is 9.52 Å². The Labute approximate surface area is 159 Å². The van der Waals surface area contributed by atoms with Crippen LogP contribution in [0.3, 0.4) is 0 Å². The van der Waals surface area contributed by atoms with E-state index in [0.29, 0.717) is 16.9 Å². The number of hydrogen-bond acceptors (Lipinski definition) is 5. The molecule has 1 aromatic heterocycles. The highest BCUT2D eigenvalue weighted by Gasteiger charge is 2.19. The van der Waals surface area contributed by atoms with Crippen molar-refractivity contribution in [2.75, 3.05) is 11.0 Å². The molecule has 0 saturated carbocycles. The van der Waals surface area contributed by atoms with Crippen molar-refractivity contribution in [3.8, 4) is 11.3 Å². The first kappa shape index (κ1) is 18.5. The third-order valence-electron chi connectivity index (χ3n) is 3.52. The number of nitrogens with zero attached hydrogens (tertiary/aromatic N) is 1. The molecule has 0 atom stereocenters. The van der Waals surface area contributed by atoms with Gasteiger partial charge < -0.3 is 0 Å². The maximum Gasteiger partial charge on any atom is 0.264 e. The number of halogens is 1. The second kappa shape index (κ2) is 7.53. The Bertz CT molecular complexity index is 1090. The molecule has 2 aromatic carbocycles. The number of aromatic nitrogens is 2. The lowest BCUT2D eigenvalue weighted by molar-refractivity contribution is 0.601. The predicted octanol–water partition coefficient (Wildman–Crippen LogP) is 3.61. The molecule has 0 amide bonds. The highest BCUT2D eigenvalue weighted by atomic mass is 35.5. The quantitative estimate of drug-likeness (QED) is 0.630. The van der Waals surface area contributed by atoms with E-state index < -0.39 is 10.0 Å². The van der Waals surface area contributed by atoms with Gasteiger partial charge in [0, 0.05) is 22.2 Å². The van der Waals surface area contributed by atoms with Crippen LogP contribution < -0.4 is 10.3 Å². The van der Waals surface area contributed by atoms with E-state index in [-0.39, 0.29) is 15.5 Å². The summed E-state index contributed by atoms with van der Waals surface area (Å²) in [5, 5.41) is 6.32. The second-order valence-corrected chi connectivity index (χ2v) is 8.23. The van der Waals surface area contributed by atoms with Crippen LogP contribution >= 0.6 is 23.4 Å². The summed E-state index contributed by atoms with van der Waals surface area (Å²) in [6.07, 6.45) is 1.91. The van der Waals surface area contributed by atoms with Crippen LogP contribution in [0.1, 0.15) is 0 Å². The number of sulfonamides is 1. The maximum atomic E-state index is 12.8. The Morgan fingerprint density at radius 3 is 2.62 bits per heavy atom. The zero-order chi connectivity index (χ0) is 18.7.